The van der Waals surface area contributed by atoms with Crippen molar-refractivity contribution in [3.8, 4) is 11.5 Å². The van der Waals surface area contributed by atoms with Crippen LogP contribution in [0.2, 0.25) is 0 Å². The Kier molecular flexibility index (Phi) is 5.59. The second-order valence-corrected chi connectivity index (χ2v) is 5.66. The number of carbonyl (C=O) groups is 2. The normalized spacial score (nSPS) is 11.4. The third-order valence-corrected chi connectivity index (χ3v) is 3.96. The lowest BCUT2D eigenvalue weighted by atomic mass is 10.3. The smallest absolute Gasteiger partial charge is 0.348 e. The van der Waals surface area contributed by atoms with E-state index in [-0.39, 0.29) is 5.91 Å². The Bertz CT molecular complexity index is 680. The average Bonchev–Trinajstić information content (AvgIpc) is 3.03. The molecule has 0 saturated heterocycles. The molecule has 2 aromatic rings. The van der Waals surface area contributed by atoms with Crippen LogP contribution >= 0.6 is 11.3 Å². The van der Waals surface area contributed by atoms with Crippen molar-refractivity contribution < 1.29 is 23.8 Å². The van der Waals surface area contributed by atoms with Gasteiger partial charge in [0, 0.05) is 0 Å². The molecule has 122 valence electrons. The van der Waals surface area contributed by atoms with E-state index in [2.05, 4.69) is 10.1 Å². The summed E-state index contributed by atoms with van der Waals surface area (Å²) in [6.07, 6.45) is -0.688. The summed E-state index contributed by atoms with van der Waals surface area (Å²) >= 11 is 1.14. The number of anilines is 1. The van der Waals surface area contributed by atoms with Gasteiger partial charge in [0.2, 0.25) is 0 Å². The molecule has 0 fully saturated rings. The first kappa shape index (κ1) is 16.8. The predicted octanol–water partition coefficient (Wildman–Crippen LogP) is 2.95. The molecule has 7 heteroatoms. The molecule has 0 aliphatic heterocycles. The molecule has 0 bridgehead atoms. The van der Waals surface area contributed by atoms with Crippen LogP contribution < -0.4 is 14.8 Å². The molecule has 0 aliphatic carbocycles. The van der Waals surface area contributed by atoms with E-state index in [0.717, 1.165) is 11.3 Å². The van der Waals surface area contributed by atoms with Gasteiger partial charge in [-0.05, 0) is 43.3 Å². The Labute approximate surface area is 138 Å². The molecule has 0 radical (unpaired) electrons. The summed E-state index contributed by atoms with van der Waals surface area (Å²) in [4.78, 5) is 23.9. The van der Waals surface area contributed by atoms with Gasteiger partial charge in [-0.15, -0.1) is 11.3 Å². The second-order valence-electron chi connectivity index (χ2n) is 4.58. The molecule has 1 aromatic carbocycles. The number of thiophene rings is 1. The number of hydrogen-bond acceptors (Lipinski definition) is 6. The highest BCUT2D eigenvalue weighted by molar-refractivity contribution is 7.18. The van der Waals surface area contributed by atoms with Gasteiger partial charge in [0.05, 0.1) is 19.2 Å². The van der Waals surface area contributed by atoms with Gasteiger partial charge in [-0.25, -0.2) is 4.79 Å². The Morgan fingerprint density at radius 1 is 1.04 bits per heavy atom. The number of ether oxygens (including phenoxy) is 3. The van der Waals surface area contributed by atoms with Gasteiger partial charge < -0.3 is 19.5 Å². The van der Waals surface area contributed by atoms with Crippen LogP contribution in [-0.2, 0) is 9.53 Å². The molecule has 1 atom stereocenters. The molecule has 1 aromatic heterocycles. The van der Waals surface area contributed by atoms with E-state index in [1.54, 1.807) is 50.4 Å². The van der Waals surface area contributed by atoms with Crippen molar-refractivity contribution in [1.82, 2.24) is 0 Å². The standard InChI is InChI=1S/C16H17NO5S/c1-10(22-12-6-4-11(20-2)5-7-12)15(18)17-14-9-8-13(23-14)16(19)21-3/h4-10H,1-3H3,(H,17,18). The second kappa shape index (κ2) is 7.64. The highest BCUT2D eigenvalue weighted by atomic mass is 32.1. The molecule has 23 heavy (non-hydrogen) atoms. The zero-order chi connectivity index (χ0) is 16.8. The lowest BCUT2D eigenvalue weighted by Gasteiger charge is -2.14. The van der Waals surface area contributed by atoms with Crippen LogP contribution in [0.4, 0.5) is 5.00 Å². The topological polar surface area (TPSA) is 73.9 Å². The first-order chi connectivity index (χ1) is 11.0. The number of nitrogens with one attached hydrogen (secondary N) is 1. The summed E-state index contributed by atoms with van der Waals surface area (Å²) in [6.45, 7) is 1.65. The first-order valence-corrected chi connectivity index (χ1v) is 7.65. The van der Waals surface area contributed by atoms with Gasteiger partial charge in [-0.3, -0.25) is 4.79 Å². The SMILES string of the molecule is COC(=O)c1ccc(NC(=O)C(C)Oc2ccc(OC)cc2)s1. The van der Waals surface area contributed by atoms with Crippen molar-refractivity contribution >= 4 is 28.2 Å². The van der Waals surface area contributed by atoms with Crippen LogP contribution in [0.3, 0.4) is 0 Å². The number of benzene rings is 1. The molecule has 6 nitrogen and oxygen atoms in total. The van der Waals surface area contributed by atoms with Crippen LogP contribution in [-0.4, -0.2) is 32.2 Å². The van der Waals surface area contributed by atoms with E-state index in [9.17, 15) is 9.59 Å². The lowest BCUT2D eigenvalue weighted by molar-refractivity contribution is -0.122. The van der Waals surface area contributed by atoms with Crippen LogP contribution in [0, 0.1) is 0 Å². The molecule has 1 N–H and O–H groups in total. The Morgan fingerprint density at radius 2 is 1.70 bits per heavy atom. The third kappa shape index (κ3) is 4.46. The molecule has 0 aliphatic rings. The molecule has 0 saturated carbocycles. The van der Waals surface area contributed by atoms with Crippen LogP contribution in [0.1, 0.15) is 16.6 Å². The fourth-order valence-electron chi connectivity index (χ4n) is 1.75. The Hall–Kier alpha value is -2.54. The van der Waals surface area contributed by atoms with Gasteiger partial charge >= 0.3 is 5.97 Å². The number of amides is 1. The maximum Gasteiger partial charge on any atom is 0.348 e. The predicted molar refractivity (Wildman–Crippen MR) is 87.4 cm³/mol. The van der Waals surface area contributed by atoms with E-state index in [1.807, 2.05) is 0 Å². The summed E-state index contributed by atoms with van der Waals surface area (Å²) in [5.41, 5.74) is 0. The van der Waals surface area contributed by atoms with E-state index in [4.69, 9.17) is 9.47 Å². The molecule has 0 spiro atoms. The summed E-state index contributed by atoms with van der Waals surface area (Å²) in [7, 11) is 2.89. The number of hydrogen-bond donors (Lipinski definition) is 1. The zero-order valence-corrected chi connectivity index (χ0v) is 13.8. The van der Waals surface area contributed by atoms with Crippen molar-refractivity contribution in [3.05, 3.63) is 41.3 Å². The van der Waals surface area contributed by atoms with E-state index >= 15 is 0 Å². The largest absolute Gasteiger partial charge is 0.497 e. The number of methoxy groups -OCH3 is 2. The maximum atomic E-state index is 12.1. The molecule has 2 rings (SSSR count). The van der Waals surface area contributed by atoms with Crippen molar-refractivity contribution in [2.24, 2.45) is 0 Å². The quantitative estimate of drug-likeness (QED) is 0.822. The van der Waals surface area contributed by atoms with Gasteiger partial charge in [0.1, 0.15) is 16.4 Å². The van der Waals surface area contributed by atoms with Gasteiger partial charge in [-0.2, -0.15) is 0 Å². The van der Waals surface area contributed by atoms with Crippen LogP contribution in [0.15, 0.2) is 36.4 Å². The fourth-order valence-corrected chi connectivity index (χ4v) is 2.58. The Balaban J connectivity index is 1.93. The minimum absolute atomic E-state index is 0.306. The lowest BCUT2D eigenvalue weighted by Crippen LogP contribution is -2.29. The molecule has 1 heterocycles. The molecular formula is C16H17NO5S. The summed E-state index contributed by atoms with van der Waals surface area (Å²) < 4.78 is 15.3. The third-order valence-electron chi connectivity index (χ3n) is 2.98. The van der Waals surface area contributed by atoms with E-state index in [0.29, 0.717) is 21.4 Å². The summed E-state index contributed by atoms with van der Waals surface area (Å²) in [5.74, 6) is 0.537. The first-order valence-electron chi connectivity index (χ1n) is 6.83. The van der Waals surface area contributed by atoms with E-state index < -0.39 is 12.1 Å². The summed E-state index contributed by atoms with van der Waals surface area (Å²) in [6, 6.07) is 10.2. The van der Waals surface area contributed by atoms with Crippen LogP contribution in [0.5, 0.6) is 11.5 Å². The molecular weight excluding hydrogens is 318 g/mol. The average molecular weight is 335 g/mol. The minimum Gasteiger partial charge on any atom is -0.497 e. The molecule has 1 amide bonds. The highest BCUT2D eigenvalue weighted by Crippen LogP contribution is 2.23. The Morgan fingerprint density at radius 3 is 2.30 bits per heavy atom. The minimum atomic E-state index is -0.688. The number of esters is 1. The fraction of sp³-hybridized carbons (Fsp3) is 0.250. The van der Waals surface area contributed by atoms with Gasteiger partial charge in [0.15, 0.2) is 6.10 Å². The van der Waals surface area contributed by atoms with Gasteiger partial charge in [0.25, 0.3) is 5.91 Å². The highest BCUT2D eigenvalue weighted by Gasteiger charge is 2.17. The molecule has 1 unspecified atom stereocenters. The van der Waals surface area contributed by atoms with Crippen molar-refractivity contribution in [1.29, 1.82) is 0 Å². The van der Waals surface area contributed by atoms with Crippen molar-refractivity contribution in [2.45, 2.75) is 13.0 Å². The van der Waals surface area contributed by atoms with Gasteiger partial charge in [-0.1, -0.05) is 0 Å². The number of rotatable bonds is 6. The number of carbonyl (C=O) groups excluding carboxylic acids is 2. The van der Waals surface area contributed by atoms with E-state index in [1.165, 1.54) is 7.11 Å². The van der Waals surface area contributed by atoms with Crippen molar-refractivity contribution in [3.63, 3.8) is 0 Å². The van der Waals surface area contributed by atoms with Crippen LogP contribution in [0.25, 0.3) is 0 Å². The summed E-state index contributed by atoms with van der Waals surface area (Å²) in [5, 5.41) is 3.26. The maximum absolute atomic E-state index is 12.1. The zero-order valence-electron chi connectivity index (χ0n) is 13.0. The monoisotopic (exact) mass is 335 g/mol. The van der Waals surface area contributed by atoms with Crippen molar-refractivity contribution in [2.75, 3.05) is 19.5 Å².